The van der Waals surface area contributed by atoms with Crippen LogP contribution in [0.25, 0.3) is 0 Å². The number of phenolic OH excluding ortho intramolecular Hbond substituents is 1. The first-order chi connectivity index (χ1) is 7.65. The first-order valence-corrected chi connectivity index (χ1v) is 6.57. The molecule has 0 aromatic heterocycles. The Bertz CT molecular complexity index is 506. The molecular formula is C10H11F3O3S. The van der Waals surface area contributed by atoms with Crippen LogP contribution in [-0.2, 0) is 21.8 Å². The SMILES string of the molecule is CCS(=O)(=O)Cc1ccc(O)cc1C(F)(F)F. The van der Waals surface area contributed by atoms with Crippen molar-refractivity contribution in [2.45, 2.75) is 18.9 Å². The first-order valence-electron chi connectivity index (χ1n) is 4.75. The van der Waals surface area contributed by atoms with E-state index in [-0.39, 0.29) is 11.3 Å². The van der Waals surface area contributed by atoms with Gasteiger partial charge in [0.05, 0.1) is 11.3 Å². The van der Waals surface area contributed by atoms with Gasteiger partial charge in [0.1, 0.15) is 5.75 Å². The molecule has 1 aromatic carbocycles. The predicted molar refractivity (Wildman–Crippen MR) is 56.3 cm³/mol. The van der Waals surface area contributed by atoms with Gasteiger partial charge in [0.15, 0.2) is 9.84 Å². The molecule has 0 unspecified atom stereocenters. The molecule has 0 heterocycles. The van der Waals surface area contributed by atoms with Crippen LogP contribution < -0.4 is 0 Å². The fourth-order valence-corrected chi connectivity index (χ4v) is 2.22. The van der Waals surface area contributed by atoms with Crippen LogP contribution in [0.5, 0.6) is 5.75 Å². The molecule has 1 N–H and O–H groups in total. The van der Waals surface area contributed by atoms with Crippen molar-refractivity contribution in [2.24, 2.45) is 0 Å². The number of halogens is 3. The Kier molecular flexibility index (Phi) is 3.71. The summed E-state index contributed by atoms with van der Waals surface area (Å²) >= 11 is 0. The average Bonchev–Trinajstić information content (AvgIpc) is 2.19. The van der Waals surface area contributed by atoms with E-state index < -0.39 is 33.1 Å². The Hall–Kier alpha value is -1.24. The topological polar surface area (TPSA) is 54.4 Å². The molecule has 0 saturated carbocycles. The van der Waals surface area contributed by atoms with E-state index in [9.17, 15) is 21.6 Å². The van der Waals surface area contributed by atoms with E-state index >= 15 is 0 Å². The van der Waals surface area contributed by atoms with Crippen molar-refractivity contribution in [2.75, 3.05) is 5.75 Å². The van der Waals surface area contributed by atoms with Crippen LogP contribution in [-0.4, -0.2) is 19.3 Å². The van der Waals surface area contributed by atoms with Crippen LogP contribution in [0.3, 0.4) is 0 Å². The molecule has 0 fully saturated rings. The largest absolute Gasteiger partial charge is 0.508 e. The Morgan fingerprint density at radius 1 is 1.29 bits per heavy atom. The van der Waals surface area contributed by atoms with Gasteiger partial charge in [-0.25, -0.2) is 8.42 Å². The summed E-state index contributed by atoms with van der Waals surface area (Å²) in [4.78, 5) is 0. The molecule has 7 heteroatoms. The quantitative estimate of drug-likeness (QED) is 0.915. The highest BCUT2D eigenvalue weighted by molar-refractivity contribution is 7.90. The lowest BCUT2D eigenvalue weighted by Crippen LogP contribution is -2.13. The summed E-state index contributed by atoms with van der Waals surface area (Å²) in [5.74, 6) is -1.46. The molecule has 0 atom stereocenters. The summed E-state index contributed by atoms with van der Waals surface area (Å²) in [6.45, 7) is 1.36. The summed E-state index contributed by atoms with van der Waals surface area (Å²) in [7, 11) is -3.55. The normalized spacial score (nSPS) is 12.7. The Balaban J connectivity index is 3.26. The van der Waals surface area contributed by atoms with Crippen LogP contribution in [0.1, 0.15) is 18.1 Å². The maximum atomic E-state index is 12.6. The zero-order chi connectivity index (χ0) is 13.3. The van der Waals surface area contributed by atoms with E-state index in [0.29, 0.717) is 6.07 Å². The lowest BCUT2D eigenvalue weighted by molar-refractivity contribution is -0.138. The van der Waals surface area contributed by atoms with Crippen molar-refractivity contribution in [1.82, 2.24) is 0 Å². The number of sulfone groups is 1. The lowest BCUT2D eigenvalue weighted by Gasteiger charge is -2.13. The Morgan fingerprint density at radius 2 is 1.88 bits per heavy atom. The Morgan fingerprint density at radius 3 is 2.35 bits per heavy atom. The maximum Gasteiger partial charge on any atom is 0.416 e. The van der Waals surface area contributed by atoms with E-state index in [0.717, 1.165) is 12.1 Å². The van der Waals surface area contributed by atoms with Crippen molar-refractivity contribution in [1.29, 1.82) is 0 Å². The monoisotopic (exact) mass is 268 g/mol. The summed E-state index contributed by atoms with van der Waals surface area (Å²) in [5.41, 5.74) is -1.47. The van der Waals surface area contributed by atoms with Crippen LogP contribution in [0.2, 0.25) is 0 Å². The van der Waals surface area contributed by atoms with Crippen molar-refractivity contribution in [3.8, 4) is 5.75 Å². The van der Waals surface area contributed by atoms with Crippen molar-refractivity contribution in [3.05, 3.63) is 29.3 Å². The molecule has 0 saturated heterocycles. The molecule has 1 rings (SSSR count). The van der Waals surface area contributed by atoms with E-state index in [1.165, 1.54) is 6.92 Å². The van der Waals surface area contributed by atoms with Crippen molar-refractivity contribution < 1.29 is 26.7 Å². The molecule has 0 bridgehead atoms. The predicted octanol–water partition coefficient (Wildman–Crippen LogP) is 2.35. The van der Waals surface area contributed by atoms with Crippen molar-refractivity contribution >= 4 is 9.84 Å². The van der Waals surface area contributed by atoms with Gasteiger partial charge in [0.2, 0.25) is 0 Å². The van der Waals surface area contributed by atoms with E-state index in [1.54, 1.807) is 0 Å². The molecule has 0 aliphatic heterocycles. The molecule has 96 valence electrons. The first kappa shape index (κ1) is 13.8. The zero-order valence-electron chi connectivity index (χ0n) is 8.95. The third-order valence-electron chi connectivity index (χ3n) is 2.21. The van der Waals surface area contributed by atoms with E-state index in [2.05, 4.69) is 0 Å². The number of aromatic hydroxyl groups is 1. The van der Waals surface area contributed by atoms with Crippen LogP contribution in [0.15, 0.2) is 18.2 Å². The smallest absolute Gasteiger partial charge is 0.416 e. The van der Waals surface area contributed by atoms with Gasteiger partial charge < -0.3 is 5.11 Å². The second-order valence-electron chi connectivity index (χ2n) is 3.52. The van der Waals surface area contributed by atoms with Gasteiger partial charge in [-0.2, -0.15) is 13.2 Å². The molecule has 0 spiro atoms. The summed E-state index contributed by atoms with van der Waals surface area (Å²) in [5, 5.41) is 9.01. The van der Waals surface area contributed by atoms with Gasteiger partial charge in [-0.15, -0.1) is 0 Å². The minimum Gasteiger partial charge on any atom is -0.508 e. The maximum absolute atomic E-state index is 12.6. The standard InChI is InChI=1S/C10H11F3O3S/c1-2-17(15,16)6-7-3-4-8(14)5-9(7)10(11,12)13/h3-5,14H,2,6H2,1H3. The fraction of sp³-hybridized carbons (Fsp3) is 0.400. The third-order valence-corrected chi connectivity index (χ3v) is 3.84. The number of hydrogen-bond acceptors (Lipinski definition) is 3. The van der Waals surface area contributed by atoms with Crippen LogP contribution >= 0.6 is 0 Å². The van der Waals surface area contributed by atoms with Crippen LogP contribution in [0, 0.1) is 0 Å². The highest BCUT2D eigenvalue weighted by Crippen LogP contribution is 2.34. The highest BCUT2D eigenvalue weighted by Gasteiger charge is 2.34. The second-order valence-corrected chi connectivity index (χ2v) is 5.87. The molecule has 17 heavy (non-hydrogen) atoms. The summed E-state index contributed by atoms with van der Waals surface area (Å²) < 4.78 is 60.4. The lowest BCUT2D eigenvalue weighted by atomic mass is 10.1. The van der Waals surface area contributed by atoms with Gasteiger partial charge >= 0.3 is 6.18 Å². The molecule has 0 amide bonds. The second kappa shape index (κ2) is 4.56. The average molecular weight is 268 g/mol. The molecule has 0 aliphatic carbocycles. The minimum atomic E-state index is -4.68. The number of benzene rings is 1. The molecular weight excluding hydrogens is 257 g/mol. The highest BCUT2D eigenvalue weighted by atomic mass is 32.2. The van der Waals surface area contributed by atoms with E-state index in [4.69, 9.17) is 5.11 Å². The molecule has 1 aromatic rings. The Labute approximate surface area is 96.8 Å². The number of hydrogen-bond donors (Lipinski definition) is 1. The minimum absolute atomic E-state index is 0.231. The molecule has 3 nitrogen and oxygen atoms in total. The summed E-state index contributed by atoms with van der Waals surface area (Å²) in [6, 6.07) is 2.54. The van der Waals surface area contributed by atoms with E-state index in [1.807, 2.05) is 0 Å². The third kappa shape index (κ3) is 3.62. The summed E-state index contributed by atoms with van der Waals surface area (Å²) in [6.07, 6.45) is -4.68. The van der Waals surface area contributed by atoms with Gasteiger partial charge in [-0.1, -0.05) is 13.0 Å². The van der Waals surface area contributed by atoms with Crippen LogP contribution in [0.4, 0.5) is 13.2 Å². The van der Waals surface area contributed by atoms with Gasteiger partial charge in [-0.3, -0.25) is 0 Å². The molecule has 0 radical (unpaired) electrons. The number of rotatable bonds is 3. The number of phenols is 1. The molecule has 0 aliphatic rings. The number of alkyl halides is 3. The van der Waals surface area contributed by atoms with Gasteiger partial charge in [-0.05, 0) is 17.7 Å². The van der Waals surface area contributed by atoms with Crippen molar-refractivity contribution in [3.63, 3.8) is 0 Å². The zero-order valence-corrected chi connectivity index (χ0v) is 9.77. The fourth-order valence-electron chi connectivity index (χ4n) is 1.29. The van der Waals surface area contributed by atoms with Gasteiger partial charge in [0.25, 0.3) is 0 Å². The van der Waals surface area contributed by atoms with Gasteiger partial charge in [0, 0.05) is 5.75 Å².